The maximum absolute atomic E-state index is 11.6. The number of rotatable bonds is 5. The minimum atomic E-state index is -1.14. The first kappa shape index (κ1) is 12.7. The highest BCUT2D eigenvalue weighted by molar-refractivity contribution is 7.13. The molecule has 0 aromatic carbocycles. The SMILES string of the molecule is Cc1ccc(C(=O)N[C@H](CCO)C(=O)O)s1. The molecule has 1 atom stereocenters. The molecular formula is C10H13NO4S. The van der Waals surface area contributed by atoms with Gasteiger partial charge in [0.05, 0.1) is 4.88 Å². The molecule has 1 aromatic heterocycles. The second-order valence-corrected chi connectivity index (χ2v) is 4.57. The molecule has 0 saturated heterocycles. The summed E-state index contributed by atoms with van der Waals surface area (Å²) in [5.41, 5.74) is 0. The number of carbonyl (C=O) groups excluding carboxylic acids is 1. The van der Waals surface area contributed by atoms with Crippen LogP contribution in [0.4, 0.5) is 0 Å². The van der Waals surface area contributed by atoms with E-state index in [0.717, 1.165) is 4.88 Å². The summed E-state index contributed by atoms with van der Waals surface area (Å²) in [5, 5.41) is 19.8. The second kappa shape index (κ2) is 5.62. The number of hydrogen-bond donors (Lipinski definition) is 3. The average Bonchev–Trinajstić information content (AvgIpc) is 2.64. The zero-order valence-corrected chi connectivity index (χ0v) is 9.58. The number of carboxylic acids is 1. The molecule has 0 aliphatic heterocycles. The lowest BCUT2D eigenvalue weighted by atomic mass is 10.2. The third kappa shape index (κ3) is 3.32. The van der Waals surface area contributed by atoms with Crippen molar-refractivity contribution in [3.05, 3.63) is 21.9 Å². The fourth-order valence-electron chi connectivity index (χ4n) is 1.17. The number of carbonyl (C=O) groups is 2. The Morgan fingerprint density at radius 2 is 2.19 bits per heavy atom. The monoisotopic (exact) mass is 243 g/mol. The lowest BCUT2D eigenvalue weighted by Gasteiger charge is -2.11. The van der Waals surface area contributed by atoms with Gasteiger partial charge < -0.3 is 15.5 Å². The molecule has 0 aliphatic rings. The molecule has 6 heteroatoms. The number of hydrogen-bond acceptors (Lipinski definition) is 4. The Hall–Kier alpha value is -1.40. The van der Waals surface area contributed by atoms with E-state index in [4.69, 9.17) is 10.2 Å². The number of nitrogens with one attached hydrogen (secondary N) is 1. The summed E-state index contributed by atoms with van der Waals surface area (Å²) in [5.74, 6) is -1.56. The van der Waals surface area contributed by atoms with Crippen LogP contribution >= 0.6 is 11.3 Å². The molecule has 5 nitrogen and oxygen atoms in total. The Bertz CT molecular complexity index is 388. The van der Waals surface area contributed by atoms with Crippen LogP contribution in [-0.4, -0.2) is 34.7 Å². The summed E-state index contributed by atoms with van der Waals surface area (Å²) < 4.78 is 0. The second-order valence-electron chi connectivity index (χ2n) is 3.29. The van der Waals surface area contributed by atoms with Gasteiger partial charge in [-0.05, 0) is 19.1 Å². The minimum Gasteiger partial charge on any atom is -0.480 e. The van der Waals surface area contributed by atoms with Crippen molar-refractivity contribution in [1.29, 1.82) is 0 Å². The summed E-state index contributed by atoms with van der Waals surface area (Å²) in [6, 6.07) is 2.40. The molecular weight excluding hydrogens is 230 g/mol. The van der Waals surface area contributed by atoms with Gasteiger partial charge in [-0.1, -0.05) is 0 Å². The summed E-state index contributed by atoms with van der Waals surface area (Å²) in [4.78, 5) is 23.8. The van der Waals surface area contributed by atoms with Gasteiger partial charge >= 0.3 is 5.97 Å². The zero-order valence-electron chi connectivity index (χ0n) is 8.77. The van der Waals surface area contributed by atoms with E-state index in [1.165, 1.54) is 11.3 Å². The van der Waals surface area contributed by atoms with E-state index in [0.29, 0.717) is 4.88 Å². The maximum Gasteiger partial charge on any atom is 0.326 e. The summed E-state index contributed by atoms with van der Waals surface area (Å²) in [6.45, 7) is 1.59. The molecule has 0 saturated carbocycles. The predicted molar refractivity (Wildman–Crippen MR) is 59.6 cm³/mol. The smallest absolute Gasteiger partial charge is 0.326 e. The van der Waals surface area contributed by atoms with Crippen LogP contribution in [0, 0.1) is 6.92 Å². The van der Waals surface area contributed by atoms with Crippen LogP contribution in [0.1, 0.15) is 21.0 Å². The Morgan fingerprint density at radius 3 is 2.62 bits per heavy atom. The van der Waals surface area contributed by atoms with E-state index in [2.05, 4.69) is 5.32 Å². The molecule has 88 valence electrons. The first-order valence-corrected chi connectivity index (χ1v) is 5.57. The highest BCUT2D eigenvalue weighted by atomic mass is 32.1. The van der Waals surface area contributed by atoms with Gasteiger partial charge in [0.25, 0.3) is 5.91 Å². The molecule has 3 N–H and O–H groups in total. The largest absolute Gasteiger partial charge is 0.480 e. The summed E-state index contributed by atoms with van der Waals surface area (Å²) in [7, 11) is 0. The first-order chi connectivity index (χ1) is 7.54. The fraction of sp³-hybridized carbons (Fsp3) is 0.400. The lowest BCUT2D eigenvalue weighted by molar-refractivity contribution is -0.139. The molecule has 16 heavy (non-hydrogen) atoms. The number of amides is 1. The average molecular weight is 243 g/mol. The van der Waals surface area contributed by atoms with Gasteiger partial charge in [0.2, 0.25) is 0 Å². The van der Waals surface area contributed by atoms with Gasteiger partial charge in [-0.2, -0.15) is 0 Å². The van der Waals surface area contributed by atoms with Crippen LogP contribution in [0.5, 0.6) is 0 Å². The van der Waals surface area contributed by atoms with Gasteiger partial charge in [-0.25, -0.2) is 4.79 Å². The molecule has 1 amide bonds. The number of carboxylic acid groups (broad SMARTS) is 1. The number of aliphatic hydroxyl groups excluding tert-OH is 1. The summed E-state index contributed by atoms with van der Waals surface area (Å²) in [6.07, 6.45) is 0.00539. The van der Waals surface area contributed by atoms with Gasteiger partial charge in [0, 0.05) is 17.9 Å². The molecule has 1 heterocycles. The Morgan fingerprint density at radius 1 is 1.50 bits per heavy atom. The van der Waals surface area contributed by atoms with Crippen LogP contribution in [0.25, 0.3) is 0 Å². The quantitative estimate of drug-likeness (QED) is 0.707. The number of aliphatic carboxylic acids is 1. The van der Waals surface area contributed by atoms with Crippen LogP contribution in [0.15, 0.2) is 12.1 Å². The van der Waals surface area contributed by atoms with E-state index in [1.807, 2.05) is 6.92 Å². The predicted octanol–water partition coefficient (Wildman–Crippen LogP) is 0.622. The van der Waals surface area contributed by atoms with Crippen LogP contribution in [-0.2, 0) is 4.79 Å². The zero-order chi connectivity index (χ0) is 12.1. The van der Waals surface area contributed by atoms with Gasteiger partial charge in [-0.15, -0.1) is 11.3 Å². The molecule has 0 bridgehead atoms. The van der Waals surface area contributed by atoms with Crippen molar-refractivity contribution in [1.82, 2.24) is 5.32 Å². The van der Waals surface area contributed by atoms with Crippen molar-refractivity contribution < 1.29 is 19.8 Å². The van der Waals surface area contributed by atoms with E-state index >= 15 is 0 Å². The third-order valence-corrected chi connectivity index (χ3v) is 2.98. The third-order valence-electron chi connectivity index (χ3n) is 1.99. The Kier molecular flexibility index (Phi) is 4.45. The maximum atomic E-state index is 11.6. The molecule has 0 aliphatic carbocycles. The van der Waals surface area contributed by atoms with Crippen molar-refractivity contribution in [3.63, 3.8) is 0 Å². The van der Waals surface area contributed by atoms with Gasteiger partial charge in [-0.3, -0.25) is 4.79 Å². The van der Waals surface area contributed by atoms with E-state index in [-0.39, 0.29) is 13.0 Å². The molecule has 0 unspecified atom stereocenters. The number of aliphatic hydroxyl groups is 1. The van der Waals surface area contributed by atoms with Gasteiger partial charge in [0.15, 0.2) is 0 Å². The normalized spacial score (nSPS) is 12.1. The highest BCUT2D eigenvalue weighted by Gasteiger charge is 2.20. The lowest BCUT2D eigenvalue weighted by Crippen LogP contribution is -2.41. The molecule has 0 spiro atoms. The molecule has 0 fully saturated rings. The number of thiophene rings is 1. The van der Waals surface area contributed by atoms with Crippen LogP contribution < -0.4 is 5.32 Å². The van der Waals surface area contributed by atoms with Crippen molar-refractivity contribution in [2.45, 2.75) is 19.4 Å². The van der Waals surface area contributed by atoms with Crippen molar-refractivity contribution in [3.8, 4) is 0 Å². The Labute approximate surface area is 96.7 Å². The van der Waals surface area contributed by atoms with Crippen LogP contribution in [0.2, 0.25) is 0 Å². The van der Waals surface area contributed by atoms with E-state index < -0.39 is 17.9 Å². The molecule has 0 radical (unpaired) electrons. The fourth-order valence-corrected chi connectivity index (χ4v) is 1.94. The van der Waals surface area contributed by atoms with Crippen molar-refractivity contribution in [2.24, 2.45) is 0 Å². The van der Waals surface area contributed by atoms with Crippen LogP contribution in [0.3, 0.4) is 0 Å². The topological polar surface area (TPSA) is 86.6 Å². The summed E-state index contributed by atoms with van der Waals surface area (Å²) >= 11 is 1.30. The highest BCUT2D eigenvalue weighted by Crippen LogP contribution is 2.14. The standard InChI is InChI=1S/C10H13NO4S/c1-6-2-3-8(16-6)9(13)11-7(4-5-12)10(14)15/h2-3,7,12H,4-5H2,1H3,(H,11,13)(H,14,15)/t7-/m1/s1. The van der Waals surface area contributed by atoms with E-state index in [9.17, 15) is 9.59 Å². The first-order valence-electron chi connectivity index (χ1n) is 4.75. The Balaban J connectivity index is 2.65. The van der Waals surface area contributed by atoms with Gasteiger partial charge in [0.1, 0.15) is 6.04 Å². The molecule has 1 rings (SSSR count). The minimum absolute atomic E-state index is 0.00539. The van der Waals surface area contributed by atoms with E-state index in [1.54, 1.807) is 12.1 Å². The number of aryl methyl sites for hydroxylation is 1. The van der Waals surface area contributed by atoms with Crippen molar-refractivity contribution in [2.75, 3.05) is 6.61 Å². The van der Waals surface area contributed by atoms with Crippen molar-refractivity contribution >= 4 is 23.2 Å². The molecule has 1 aromatic rings.